The summed E-state index contributed by atoms with van der Waals surface area (Å²) < 4.78 is 1.73. The van der Waals surface area contributed by atoms with Gasteiger partial charge in [0.15, 0.2) is 0 Å². The van der Waals surface area contributed by atoms with Crippen molar-refractivity contribution >= 4 is 11.8 Å². The summed E-state index contributed by atoms with van der Waals surface area (Å²) in [4.78, 5) is 24.8. The van der Waals surface area contributed by atoms with Gasteiger partial charge in [0.1, 0.15) is 0 Å². The van der Waals surface area contributed by atoms with Crippen LogP contribution < -0.4 is 5.73 Å². The number of hydrogen-bond acceptors (Lipinski definition) is 3. The number of carbonyl (C=O) groups excluding carboxylic acids is 2. The second kappa shape index (κ2) is 4.12. The Balaban J connectivity index is 1.57. The third kappa shape index (κ3) is 1.77. The molecule has 2 N–H and O–H groups in total. The number of aromatic nitrogens is 2. The largest absolute Gasteiger partial charge is 0.366 e. The lowest BCUT2D eigenvalue weighted by Crippen LogP contribution is -2.53. The molecule has 0 bridgehead atoms. The highest BCUT2D eigenvalue weighted by molar-refractivity contribution is 5.92. The van der Waals surface area contributed by atoms with Gasteiger partial charge in [-0.15, -0.1) is 0 Å². The standard InChI is InChI=1S/C12H16N4O2/c13-11(17)9-4-14-16(5-9)10-6-15(7-10)12(18)8-2-1-3-8/h4-5,8,10H,1-3,6-7H2,(H2,13,17). The van der Waals surface area contributed by atoms with Crippen molar-refractivity contribution in [2.24, 2.45) is 11.7 Å². The highest BCUT2D eigenvalue weighted by atomic mass is 16.2. The predicted octanol–water partition coefficient (Wildman–Crippen LogP) is 0.165. The summed E-state index contributed by atoms with van der Waals surface area (Å²) in [5.41, 5.74) is 5.59. The van der Waals surface area contributed by atoms with Crippen LogP contribution in [0.5, 0.6) is 0 Å². The van der Waals surface area contributed by atoms with E-state index in [9.17, 15) is 9.59 Å². The van der Waals surface area contributed by atoms with Gasteiger partial charge in [-0.05, 0) is 12.8 Å². The van der Waals surface area contributed by atoms with E-state index in [0.29, 0.717) is 18.7 Å². The summed E-state index contributed by atoms with van der Waals surface area (Å²) in [5.74, 6) is 0.0625. The zero-order valence-corrected chi connectivity index (χ0v) is 10.1. The Kier molecular flexibility index (Phi) is 2.57. The van der Waals surface area contributed by atoms with Gasteiger partial charge in [-0.3, -0.25) is 14.3 Å². The highest BCUT2D eigenvalue weighted by Crippen LogP contribution is 2.31. The van der Waals surface area contributed by atoms with Gasteiger partial charge in [0.05, 0.1) is 17.8 Å². The van der Waals surface area contributed by atoms with E-state index in [-0.39, 0.29) is 17.9 Å². The van der Waals surface area contributed by atoms with Gasteiger partial charge in [-0.2, -0.15) is 5.10 Å². The minimum absolute atomic E-state index is 0.183. The number of carbonyl (C=O) groups is 2. The fraction of sp³-hybridized carbons (Fsp3) is 0.583. The van der Waals surface area contributed by atoms with Crippen LogP contribution in [0.3, 0.4) is 0 Å². The number of nitrogens with zero attached hydrogens (tertiary/aromatic N) is 3. The Labute approximate surface area is 105 Å². The maximum absolute atomic E-state index is 11.9. The molecule has 1 saturated heterocycles. The first-order valence-electron chi connectivity index (χ1n) is 6.28. The molecule has 2 aliphatic rings. The van der Waals surface area contributed by atoms with Gasteiger partial charge in [0.25, 0.3) is 5.91 Å². The average molecular weight is 248 g/mol. The van der Waals surface area contributed by atoms with Crippen molar-refractivity contribution in [3.8, 4) is 0 Å². The Morgan fingerprint density at radius 3 is 2.56 bits per heavy atom. The van der Waals surface area contributed by atoms with E-state index in [4.69, 9.17) is 5.73 Å². The van der Waals surface area contributed by atoms with E-state index in [2.05, 4.69) is 5.10 Å². The van der Waals surface area contributed by atoms with E-state index in [1.807, 2.05) is 4.90 Å². The molecule has 0 unspecified atom stereocenters. The molecule has 18 heavy (non-hydrogen) atoms. The minimum Gasteiger partial charge on any atom is -0.366 e. The molecule has 3 rings (SSSR count). The molecule has 6 nitrogen and oxygen atoms in total. The van der Waals surface area contributed by atoms with Crippen LogP contribution in [0.1, 0.15) is 35.7 Å². The second-order valence-electron chi connectivity index (χ2n) is 5.10. The van der Waals surface area contributed by atoms with Gasteiger partial charge in [-0.1, -0.05) is 6.42 Å². The summed E-state index contributed by atoms with van der Waals surface area (Å²) in [6.07, 6.45) is 6.37. The van der Waals surface area contributed by atoms with Crippen LogP contribution in [-0.2, 0) is 4.79 Å². The van der Waals surface area contributed by atoms with Gasteiger partial charge >= 0.3 is 0 Å². The third-order valence-electron chi connectivity index (χ3n) is 3.89. The molecule has 2 amide bonds. The summed E-state index contributed by atoms with van der Waals surface area (Å²) >= 11 is 0. The molecular formula is C12H16N4O2. The summed E-state index contributed by atoms with van der Waals surface area (Å²) in [5, 5.41) is 4.11. The molecule has 96 valence electrons. The molecular weight excluding hydrogens is 232 g/mol. The molecule has 1 aromatic rings. The van der Waals surface area contributed by atoms with Crippen LogP contribution in [0.4, 0.5) is 0 Å². The maximum atomic E-state index is 11.9. The van der Waals surface area contributed by atoms with E-state index in [1.54, 1.807) is 10.9 Å². The van der Waals surface area contributed by atoms with Gasteiger partial charge in [-0.25, -0.2) is 0 Å². The van der Waals surface area contributed by atoms with Crippen LogP contribution in [0.2, 0.25) is 0 Å². The van der Waals surface area contributed by atoms with Crippen molar-refractivity contribution in [3.05, 3.63) is 18.0 Å². The predicted molar refractivity (Wildman–Crippen MR) is 63.7 cm³/mol. The zero-order chi connectivity index (χ0) is 12.7. The van der Waals surface area contributed by atoms with Crippen molar-refractivity contribution in [1.82, 2.24) is 14.7 Å². The average Bonchev–Trinajstić information content (AvgIpc) is 2.61. The first-order valence-corrected chi connectivity index (χ1v) is 6.28. The summed E-state index contributed by atoms with van der Waals surface area (Å²) in [6.45, 7) is 1.38. The molecule has 2 fully saturated rings. The first-order chi connectivity index (χ1) is 8.65. The monoisotopic (exact) mass is 248 g/mol. The van der Waals surface area contributed by atoms with Crippen LogP contribution in [-0.4, -0.2) is 39.6 Å². The van der Waals surface area contributed by atoms with Gasteiger partial charge < -0.3 is 10.6 Å². The molecule has 1 aliphatic heterocycles. The Bertz CT molecular complexity index is 486. The normalized spacial score (nSPS) is 20.3. The fourth-order valence-corrected chi connectivity index (χ4v) is 2.38. The molecule has 0 radical (unpaired) electrons. The lowest BCUT2D eigenvalue weighted by molar-refractivity contribution is -0.144. The number of likely N-dealkylation sites (tertiary alicyclic amines) is 1. The molecule has 0 aromatic carbocycles. The quantitative estimate of drug-likeness (QED) is 0.827. The smallest absolute Gasteiger partial charge is 0.251 e. The SMILES string of the molecule is NC(=O)c1cnn(C2CN(C(=O)C3CCC3)C2)c1. The summed E-state index contributed by atoms with van der Waals surface area (Å²) in [6, 6.07) is 0.183. The Hall–Kier alpha value is -1.85. The topological polar surface area (TPSA) is 81.2 Å². The van der Waals surface area contributed by atoms with Crippen molar-refractivity contribution in [2.75, 3.05) is 13.1 Å². The number of rotatable bonds is 3. The van der Waals surface area contributed by atoms with Gasteiger partial charge in [0.2, 0.25) is 5.91 Å². The Morgan fingerprint density at radius 2 is 2.06 bits per heavy atom. The molecule has 1 aromatic heterocycles. The molecule has 0 atom stereocenters. The summed E-state index contributed by atoms with van der Waals surface area (Å²) in [7, 11) is 0. The van der Waals surface area contributed by atoms with Crippen molar-refractivity contribution < 1.29 is 9.59 Å². The van der Waals surface area contributed by atoms with E-state index in [0.717, 1.165) is 12.8 Å². The molecule has 1 saturated carbocycles. The molecule has 1 aliphatic carbocycles. The minimum atomic E-state index is -0.469. The van der Waals surface area contributed by atoms with Crippen LogP contribution in [0.25, 0.3) is 0 Å². The Morgan fingerprint density at radius 1 is 1.33 bits per heavy atom. The molecule has 2 heterocycles. The number of amides is 2. The zero-order valence-electron chi connectivity index (χ0n) is 10.1. The van der Waals surface area contributed by atoms with Crippen LogP contribution in [0, 0.1) is 5.92 Å². The second-order valence-corrected chi connectivity index (χ2v) is 5.10. The maximum Gasteiger partial charge on any atom is 0.251 e. The molecule has 6 heteroatoms. The lowest BCUT2D eigenvalue weighted by atomic mass is 9.83. The van der Waals surface area contributed by atoms with Crippen molar-refractivity contribution in [1.29, 1.82) is 0 Å². The highest BCUT2D eigenvalue weighted by Gasteiger charge is 2.37. The molecule has 0 spiro atoms. The fourth-order valence-electron chi connectivity index (χ4n) is 2.38. The lowest BCUT2D eigenvalue weighted by Gasteiger charge is -2.42. The van der Waals surface area contributed by atoms with Gasteiger partial charge in [0, 0.05) is 25.2 Å². The van der Waals surface area contributed by atoms with Crippen LogP contribution in [0.15, 0.2) is 12.4 Å². The van der Waals surface area contributed by atoms with E-state index in [1.165, 1.54) is 12.6 Å². The number of hydrogen-bond donors (Lipinski definition) is 1. The third-order valence-corrected chi connectivity index (χ3v) is 3.89. The van der Waals surface area contributed by atoms with Crippen LogP contribution >= 0.6 is 0 Å². The van der Waals surface area contributed by atoms with Crippen molar-refractivity contribution in [3.63, 3.8) is 0 Å². The number of primary amides is 1. The van der Waals surface area contributed by atoms with E-state index >= 15 is 0 Å². The van der Waals surface area contributed by atoms with Crippen molar-refractivity contribution in [2.45, 2.75) is 25.3 Å². The first kappa shape index (κ1) is 11.3. The number of nitrogens with two attached hydrogens (primary N) is 1. The van der Waals surface area contributed by atoms with E-state index < -0.39 is 5.91 Å².